The number of aromatic nitrogens is 1. The van der Waals surface area contributed by atoms with Crippen molar-refractivity contribution in [1.82, 2.24) is 4.98 Å². The molecular formula is C26H22F4N2O4. The van der Waals surface area contributed by atoms with Crippen LogP contribution < -0.4 is 10.1 Å². The molecular weight excluding hydrogens is 480 g/mol. The van der Waals surface area contributed by atoms with E-state index in [4.69, 9.17) is 4.74 Å². The van der Waals surface area contributed by atoms with Gasteiger partial charge < -0.3 is 15.2 Å². The second-order valence-electron chi connectivity index (χ2n) is 8.59. The van der Waals surface area contributed by atoms with Crippen LogP contribution in [0.3, 0.4) is 0 Å². The number of nitrogens with one attached hydrogen (secondary N) is 1. The number of hydrogen-bond acceptors (Lipinski definition) is 5. The number of methoxy groups -OCH3 is 1. The smallest absolute Gasteiger partial charge is 0.422 e. The first-order valence-electron chi connectivity index (χ1n) is 11.0. The maximum Gasteiger partial charge on any atom is 0.422 e. The Bertz CT molecular complexity index is 1360. The molecule has 2 heterocycles. The van der Waals surface area contributed by atoms with E-state index in [1.54, 1.807) is 6.07 Å². The number of fused-ring (bicyclic) bond motifs is 1. The number of Topliss-reactive ketones (excluding diaryl/α,β-unsaturated/α-hetero) is 1. The van der Waals surface area contributed by atoms with Gasteiger partial charge in [0.15, 0.2) is 5.78 Å². The third-order valence-electron chi connectivity index (χ3n) is 6.17. The molecule has 0 saturated carbocycles. The summed E-state index contributed by atoms with van der Waals surface area (Å²) in [6.07, 6.45) is -6.62. The molecule has 0 aliphatic carbocycles. The van der Waals surface area contributed by atoms with Gasteiger partial charge in [-0.05, 0) is 60.9 Å². The standard InChI is InChI=1S/C26H22F4N2O4/c1-14-11-17(5-6-18(14)27)24-21(36-2)7-8-22(32-24)25(35,26(28,29)30)10-9-20(33)16-4-3-15-13-23(34)31-19(15)12-16/h3-8,11-12,35H,9-10,13H2,1-2H3,(H,31,34). The summed E-state index contributed by atoms with van der Waals surface area (Å²) < 4.78 is 61.5. The minimum absolute atomic E-state index is 0.0125. The third-order valence-corrected chi connectivity index (χ3v) is 6.17. The van der Waals surface area contributed by atoms with E-state index in [1.165, 1.54) is 44.4 Å². The first-order chi connectivity index (χ1) is 16.9. The lowest BCUT2D eigenvalue weighted by atomic mass is 9.89. The minimum atomic E-state index is -5.16. The van der Waals surface area contributed by atoms with Gasteiger partial charge in [-0.3, -0.25) is 9.59 Å². The van der Waals surface area contributed by atoms with E-state index >= 15 is 0 Å². The number of rotatable bonds is 7. The summed E-state index contributed by atoms with van der Waals surface area (Å²) in [5, 5.41) is 13.4. The van der Waals surface area contributed by atoms with Gasteiger partial charge in [0, 0.05) is 23.2 Å². The molecule has 10 heteroatoms. The van der Waals surface area contributed by atoms with Crippen molar-refractivity contribution in [3.8, 4) is 17.0 Å². The Hall–Kier alpha value is -3.79. The van der Waals surface area contributed by atoms with Gasteiger partial charge in [-0.2, -0.15) is 13.2 Å². The van der Waals surface area contributed by atoms with Crippen molar-refractivity contribution in [3.63, 3.8) is 0 Å². The van der Waals surface area contributed by atoms with E-state index in [9.17, 15) is 32.3 Å². The van der Waals surface area contributed by atoms with Crippen LogP contribution in [0, 0.1) is 12.7 Å². The third kappa shape index (κ3) is 4.68. The molecule has 1 unspecified atom stereocenters. The fourth-order valence-corrected chi connectivity index (χ4v) is 4.08. The van der Waals surface area contributed by atoms with Crippen molar-refractivity contribution in [2.24, 2.45) is 0 Å². The molecule has 188 valence electrons. The number of ketones is 1. The monoisotopic (exact) mass is 502 g/mol. The van der Waals surface area contributed by atoms with Crippen molar-refractivity contribution < 1.29 is 37.0 Å². The fourth-order valence-electron chi connectivity index (χ4n) is 4.08. The first-order valence-corrected chi connectivity index (χ1v) is 11.0. The fraction of sp³-hybridized carbons (Fsp3) is 0.269. The lowest BCUT2D eigenvalue weighted by Gasteiger charge is -2.30. The normalized spacial score (nSPS) is 14.7. The van der Waals surface area contributed by atoms with E-state index in [0.29, 0.717) is 16.8 Å². The van der Waals surface area contributed by atoms with Crippen LogP contribution in [-0.2, 0) is 16.8 Å². The zero-order chi connectivity index (χ0) is 26.3. The van der Waals surface area contributed by atoms with Gasteiger partial charge in [0.1, 0.15) is 17.3 Å². The lowest BCUT2D eigenvalue weighted by molar-refractivity contribution is -0.270. The highest BCUT2D eigenvalue weighted by molar-refractivity contribution is 6.02. The maximum atomic E-state index is 14.2. The highest BCUT2D eigenvalue weighted by Gasteiger charge is 2.56. The van der Waals surface area contributed by atoms with Gasteiger partial charge in [-0.15, -0.1) is 0 Å². The molecule has 0 radical (unpaired) electrons. The van der Waals surface area contributed by atoms with Crippen molar-refractivity contribution in [2.75, 3.05) is 12.4 Å². The lowest BCUT2D eigenvalue weighted by Crippen LogP contribution is -2.43. The van der Waals surface area contributed by atoms with Crippen molar-refractivity contribution in [2.45, 2.75) is 38.0 Å². The number of benzene rings is 2. The Morgan fingerprint density at radius 1 is 1.14 bits per heavy atom. The molecule has 0 spiro atoms. The van der Waals surface area contributed by atoms with Crippen molar-refractivity contribution in [3.05, 3.63) is 76.7 Å². The number of aryl methyl sites for hydroxylation is 1. The van der Waals surface area contributed by atoms with Crippen LogP contribution in [0.4, 0.5) is 23.2 Å². The number of carbonyl (C=O) groups is 2. The Morgan fingerprint density at radius 3 is 2.56 bits per heavy atom. The number of carbonyl (C=O) groups excluding carboxylic acids is 2. The Balaban J connectivity index is 1.66. The molecule has 1 aromatic heterocycles. The largest absolute Gasteiger partial charge is 0.494 e. The van der Waals surface area contributed by atoms with E-state index < -0.39 is 41.9 Å². The molecule has 1 aliphatic rings. The van der Waals surface area contributed by atoms with Gasteiger partial charge in [0.05, 0.1) is 19.2 Å². The molecule has 0 saturated heterocycles. The summed E-state index contributed by atoms with van der Waals surface area (Å²) >= 11 is 0. The summed E-state index contributed by atoms with van der Waals surface area (Å²) in [7, 11) is 1.31. The van der Waals surface area contributed by atoms with Crippen LogP contribution in [0.2, 0.25) is 0 Å². The molecule has 2 N–H and O–H groups in total. The predicted molar refractivity (Wildman–Crippen MR) is 123 cm³/mol. The number of amides is 1. The summed E-state index contributed by atoms with van der Waals surface area (Å²) in [5.74, 6) is -1.24. The van der Waals surface area contributed by atoms with Crippen LogP contribution in [0.5, 0.6) is 5.75 Å². The highest BCUT2D eigenvalue weighted by Crippen LogP contribution is 2.43. The molecule has 36 heavy (non-hydrogen) atoms. The SMILES string of the molecule is COc1ccc(C(O)(CCC(=O)c2ccc3c(c2)NC(=O)C3)C(F)(F)F)nc1-c1ccc(F)c(C)c1. The molecule has 0 fully saturated rings. The zero-order valence-electron chi connectivity index (χ0n) is 19.4. The van der Waals surface area contributed by atoms with Crippen molar-refractivity contribution >= 4 is 17.4 Å². The Kier molecular flexibility index (Phi) is 6.57. The Labute approximate surface area is 203 Å². The topological polar surface area (TPSA) is 88.5 Å². The highest BCUT2D eigenvalue weighted by atomic mass is 19.4. The van der Waals surface area contributed by atoms with Gasteiger partial charge in [-0.25, -0.2) is 9.37 Å². The summed E-state index contributed by atoms with van der Waals surface area (Å²) in [5.41, 5.74) is -2.38. The van der Waals surface area contributed by atoms with Crippen LogP contribution in [0.1, 0.15) is 40.0 Å². The van der Waals surface area contributed by atoms with Gasteiger partial charge in [-0.1, -0.05) is 12.1 Å². The van der Waals surface area contributed by atoms with Crippen LogP contribution in [0.25, 0.3) is 11.3 Å². The van der Waals surface area contributed by atoms with Gasteiger partial charge >= 0.3 is 6.18 Å². The second-order valence-corrected chi connectivity index (χ2v) is 8.59. The molecule has 2 aromatic carbocycles. The number of aliphatic hydroxyl groups is 1. The number of ether oxygens (including phenoxy) is 1. The van der Waals surface area contributed by atoms with E-state index in [1.807, 2.05) is 0 Å². The summed E-state index contributed by atoms with van der Waals surface area (Å²) in [6, 6.07) is 10.6. The predicted octanol–water partition coefficient (Wildman–Crippen LogP) is 5.11. The number of anilines is 1. The number of alkyl halides is 3. The second kappa shape index (κ2) is 9.34. The molecule has 6 nitrogen and oxygen atoms in total. The van der Waals surface area contributed by atoms with Crippen molar-refractivity contribution in [1.29, 1.82) is 0 Å². The van der Waals surface area contributed by atoms with E-state index in [-0.39, 0.29) is 34.9 Å². The molecule has 1 aliphatic heterocycles. The Morgan fingerprint density at radius 2 is 1.89 bits per heavy atom. The summed E-state index contributed by atoms with van der Waals surface area (Å²) in [4.78, 5) is 28.3. The number of halogens is 4. The summed E-state index contributed by atoms with van der Waals surface area (Å²) in [6.45, 7) is 1.50. The zero-order valence-corrected chi connectivity index (χ0v) is 19.4. The van der Waals surface area contributed by atoms with Gasteiger partial charge in [0.25, 0.3) is 0 Å². The molecule has 1 amide bonds. The van der Waals surface area contributed by atoms with E-state index in [2.05, 4.69) is 10.3 Å². The number of nitrogens with zero attached hydrogens (tertiary/aromatic N) is 1. The number of hydrogen-bond donors (Lipinski definition) is 2. The van der Waals surface area contributed by atoms with Crippen LogP contribution in [0.15, 0.2) is 48.5 Å². The molecule has 3 aromatic rings. The molecule has 0 bridgehead atoms. The average Bonchev–Trinajstić information content (AvgIpc) is 3.22. The average molecular weight is 502 g/mol. The molecule has 4 rings (SSSR count). The quantitative estimate of drug-likeness (QED) is 0.346. The van der Waals surface area contributed by atoms with Gasteiger partial charge in [0.2, 0.25) is 11.5 Å². The number of pyridine rings is 1. The van der Waals surface area contributed by atoms with Crippen LogP contribution in [-0.4, -0.2) is 35.1 Å². The maximum absolute atomic E-state index is 14.2. The first kappa shape index (κ1) is 25.3. The van der Waals surface area contributed by atoms with Crippen LogP contribution >= 0.6 is 0 Å². The van der Waals surface area contributed by atoms with E-state index in [0.717, 1.165) is 12.1 Å². The minimum Gasteiger partial charge on any atom is -0.494 e. The molecule has 1 atom stereocenters.